The van der Waals surface area contributed by atoms with Crippen LogP contribution in [0.25, 0.3) is 0 Å². The van der Waals surface area contributed by atoms with Crippen molar-refractivity contribution >= 4 is 15.9 Å². The average Bonchev–Trinajstić information content (AvgIpc) is 2.71. The summed E-state index contributed by atoms with van der Waals surface area (Å²) in [5, 5.41) is 3.23. The first kappa shape index (κ1) is 13.0. The first-order valence-corrected chi connectivity index (χ1v) is 6.79. The van der Waals surface area contributed by atoms with E-state index in [-0.39, 0.29) is 5.82 Å². The minimum Gasteiger partial charge on any atom is -0.319 e. The second-order valence-electron chi connectivity index (χ2n) is 4.68. The first-order valence-electron chi connectivity index (χ1n) is 6.00. The predicted octanol–water partition coefficient (Wildman–Crippen LogP) is 2.63. The van der Waals surface area contributed by atoms with Gasteiger partial charge in [0, 0.05) is 17.6 Å². The summed E-state index contributed by atoms with van der Waals surface area (Å²) in [5.41, 5.74) is 1.16. The van der Waals surface area contributed by atoms with Crippen LogP contribution in [0.1, 0.15) is 12.0 Å². The number of halogens is 2. The Hall–Kier alpha value is -0.450. The number of rotatable bonds is 4. The average molecular weight is 301 g/mol. The summed E-state index contributed by atoms with van der Waals surface area (Å²) < 4.78 is 13.8. The van der Waals surface area contributed by atoms with Gasteiger partial charge in [-0.1, -0.05) is 22.0 Å². The topological polar surface area (TPSA) is 15.3 Å². The molecule has 2 rings (SSSR count). The Kier molecular flexibility index (Phi) is 4.54. The smallest absolute Gasteiger partial charge is 0.124 e. The van der Waals surface area contributed by atoms with Crippen LogP contribution in [0.4, 0.5) is 4.39 Å². The third-order valence-corrected chi connectivity index (χ3v) is 4.01. The van der Waals surface area contributed by atoms with E-state index in [2.05, 4.69) is 26.1 Å². The number of nitrogens with zero attached hydrogens (tertiary/aromatic N) is 1. The van der Waals surface area contributed by atoms with Crippen LogP contribution >= 0.6 is 15.9 Å². The van der Waals surface area contributed by atoms with Crippen LogP contribution in [-0.2, 0) is 6.54 Å². The van der Waals surface area contributed by atoms with Crippen LogP contribution in [0.3, 0.4) is 0 Å². The Morgan fingerprint density at radius 2 is 2.35 bits per heavy atom. The lowest BCUT2D eigenvalue weighted by molar-refractivity contribution is 0.315. The van der Waals surface area contributed by atoms with Gasteiger partial charge in [0.25, 0.3) is 0 Å². The number of benzene rings is 1. The number of likely N-dealkylation sites (tertiary alicyclic amines) is 1. The van der Waals surface area contributed by atoms with Crippen molar-refractivity contribution in [3.63, 3.8) is 0 Å². The molecule has 1 aromatic rings. The van der Waals surface area contributed by atoms with Gasteiger partial charge >= 0.3 is 0 Å². The molecule has 1 aromatic carbocycles. The maximum atomic E-state index is 13.0. The molecule has 2 nitrogen and oxygen atoms in total. The van der Waals surface area contributed by atoms with Crippen LogP contribution in [0, 0.1) is 11.7 Å². The summed E-state index contributed by atoms with van der Waals surface area (Å²) in [4.78, 5) is 2.43. The fourth-order valence-corrected chi connectivity index (χ4v) is 2.88. The van der Waals surface area contributed by atoms with E-state index in [9.17, 15) is 4.39 Å². The molecular weight excluding hydrogens is 283 g/mol. The van der Waals surface area contributed by atoms with Crippen molar-refractivity contribution < 1.29 is 4.39 Å². The second kappa shape index (κ2) is 5.94. The highest BCUT2D eigenvalue weighted by Crippen LogP contribution is 2.23. The maximum Gasteiger partial charge on any atom is 0.124 e. The largest absolute Gasteiger partial charge is 0.319 e. The molecule has 1 fully saturated rings. The van der Waals surface area contributed by atoms with Crippen molar-refractivity contribution in [3.8, 4) is 0 Å². The van der Waals surface area contributed by atoms with E-state index < -0.39 is 0 Å². The fourth-order valence-electron chi connectivity index (χ4n) is 2.40. The normalized spacial score (nSPS) is 21.0. The molecule has 1 aliphatic heterocycles. The third-order valence-electron chi connectivity index (χ3n) is 3.27. The summed E-state index contributed by atoms with van der Waals surface area (Å²) in [6.45, 7) is 4.25. The zero-order chi connectivity index (χ0) is 12.3. The fraction of sp³-hybridized carbons (Fsp3) is 0.538. The lowest BCUT2D eigenvalue weighted by Crippen LogP contribution is -2.24. The molecule has 0 amide bonds. The monoisotopic (exact) mass is 300 g/mol. The van der Waals surface area contributed by atoms with Crippen LogP contribution < -0.4 is 5.32 Å². The molecule has 0 saturated carbocycles. The zero-order valence-electron chi connectivity index (χ0n) is 10.0. The van der Waals surface area contributed by atoms with Crippen molar-refractivity contribution in [2.75, 3.05) is 26.7 Å². The summed E-state index contributed by atoms with van der Waals surface area (Å²) in [6.07, 6.45) is 1.25. The molecule has 4 heteroatoms. The van der Waals surface area contributed by atoms with E-state index in [0.29, 0.717) is 0 Å². The summed E-state index contributed by atoms with van der Waals surface area (Å²) in [6, 6.07) is 4.93. The summed E-state index contributed by atoms with van der Waals surface area (Å²) in [7, 11) is 2.00. The van der Waals surface area contributed by atoms with E-state index in [4.69, 9.17) is 0 Å². The first-order chi connectivity index (χ1) is 8.19. The molecule has 0 radical (unpaired) electrons. The Morgan fingerprint density at radius 1 is 1.53 bits per heavy atom. The van der Waals surface area contributed by atoms with Crippen molar-refractivity contribution in [1.29, 1.82) is 0 Å². The van der Waals surface area contributed by atoms with Gasteiger partial charge in [-0.3, -0.25) is 4.90 Å². The van der Waals surface area contributed by atoms with Gasteiger partial charge in [0.15, 0.2) is 0 Å². The molecule has 17 heavy (non-hydrogen) atoms. The Balaban J connectivity index is 1.93. The quantitative estimate of drug-likeness (QED) is 0.920. The van der Waals surface area contributed by atoms with Crippen LogP contribution in [0.15, 0.2) is 22.7 Å². The Morgan fingerprint density at radius 3 is 3.06 bits per heavy atom. The molecule has 1 unspecified atom stereocenters. The molecule has 0 aliphatic carbocycles. The minimum absolute atomic E-state index is 0.185. The highest BCUT2D eigenvalue weighted by atomic mass is 79.9. The molecule has 1 N–H and O–H groups in total. The molecule has 0 bridgehead atoms. The van der Waals surface area contributed by atoms with Crippen LogP contribution in [0.2, 0.25) is 0 Å². The predicted molar refractivity (Wildman–Crippen MR) is 71.4 cm³/mol. The zero-order valence-corrected chi connectivity index (χ0v) is 11.6. The highest BCUT2D eigenvalue weighted by molar-refractivity contribution is 9.10. The molecule has 0 spiro atoms. The van der Waals surface area contributed by atoms with E-state index >= 15 is 0 Å². The SMILES string of the molecule is CNCC1CCN(Cc2ccc(F)cc2Br)C1. The Labute approximate surface area is 110 Å². The van der Waals surface area contributed by atoms with Gasteiger partial charge in [-0.25, -0.2) is 4.39 Å². The van der Waals surface area contributed by atoms with Gasteiger partial charge in [0.1, 0.15) is 5.82 Å². The van der Waals surface area contributed by atoms with E-state index in [1.165, 1.54) is 18.6 Å². The second-order valence-corrected chi connectivity index (χ2v) is 5.54. The lowest BCUT2D eigenvalue weighted by atomic mass is 10.1. The molecule has 1 saturated heterocycles. The van der Waals surface area contributed by atoms with Crippen molar-refractivity contribution in [2.45, 2.75) is 13.0 Å². The maximum absolute atomic E-state index is 13.0. The molecule has 94 valence electrons. The standard InChI is InChI=1S/C13H18BrFN2/c1-16-7-10-4-5-17(8-10)9-11-2-3-12(15)6-13(11)14/h2-3,6,10,16H,4-5,7-9H2,1H3. The summed E-state index contributed by atoms with van der Waals surface area (Å²) in [5.74, 6) is 0.564. The molecule has 0 aromatic heterocycles. The number of nitrogens with one attached hydrogen (secondary N) is 1. The van der Waals surface area contributed by atoms with Gasteiger partial charge in [0.05, 0.1) is 0 Å². The number of hydrogen-bond donors (Lipinski definition) is 1. The van der Waals surface area contributed by atoms with E-state index in [1.54, 1.807) is 0 Å². The molecule has 1 atom stereocenters. The highest BCUT2D eigenvalue weighted by Gasteiger charge is 2.22. The van der Waals surface area contributed by atoms with Crippen LogP contribution in [0.5, 0.6) is 0 Å². The third kappa shape index (κ3) is 3.50. The van der Waals surface area contributed by atoms with Crippen LogP contribution in [-0.4, -0.2) is 31.6 Å². The molecule has 1 heterocycles. The van der Waals surface area contributed by atoms with Gasteiger partial charge in [-0.2, -0.15) is 0 Å². The van der Waals surface area contributed by atoms with Gasteiger partial charge in [-0.15, -0.1) is 0 Å². The lowest BCUT2D eigenvalue weighted by Gasteiger charge is -2.17. The van der Waals surface area contributed by atoms with Gasteiger partial charge < -0.3 is 5.32 Å². The molecule has 1 aliphatic rings. The van der Waals surface area contributed by atoms with Gasteiger partial charge in [0.2, 0.25) is 0 Å². The van der Waals surface area contributed by atoms with Gasteiger partial charge in [-0.05, 0) is 50.2 Å². The Bertz CT molecular complexity index is 384. The summed E-state index contributed by atoms with van der Waals surface area (Å²) >= 11 is 3.42. The van der Waals surface area contributed by atoms with E-state index in [1.807, 2.05) is 13.1 Å². The minimum atomic E-state index is -0.185. The number of hydrogen-bond acceptors (Lipinski definition) is 2. The van der Waals surface area contributed by atoms with Crippen molar-refractivity contribution in [2.24, 2.45) is 5.92 Å². The van der Waals surface area contributed by atoms with Crippen molar-refractivity contribution in [3.05, 3.63) is 34.1 Å². The molecular formula is C13H18BrFN2. The van der Waals surface area contributed by atoms with Crippen molar-refractivity contribution in [1.82, 2.24) is 10.2 Å². The van der Waals surface area contributed by atoms with E-state index in [0.717, 1.165) is 42.1 Å².